The average molecular weight is 432 g/mol. The van der Waals surface area contributed by atoms with Crippen LogP contribution in [0.5, 0.6) is 0 Å². The third kappa shape index (κ3) is 3.72. The molecule has 156 valence electrons. The Labute approximate surface area is 174 Å². The molecule has 0 amide bonds. The zero-order valence-corrected chi connectivity index (χ0v) is 16.7. The van der Waals surface area contributed by atoms with Crippen molar-refractivity contribution in [2.75, 3.05) is 13.1 Å². The fourth-order valence-electron chi connectivity index (χ4n) is 3.98. The molecule has 1 saturated heterocycles. The molecule has 0 bridgehead atoms. The van der Waals surface area contributed by atoms with E-state index in [1.807, 2.05) is 5.38 Å². The van der Waals surface area contributed by atoms with Crippen molar-refractivity contribution in [3.63, 3.8) is 0 Å². The number of aromatic amines is 1. The summed E-state index contributed by atoms with van der Waals surface area (Å²) in [6, 6.07) is 6.36. The van der Waals surface area contributed by atoms with Crippen molar-refractivity contribution in [1.82, 2.24) is 29.5 Å². The van der Waals surface area contributed by atoms with Gasteiger partial charge >= 0.3 is 6.18 Å². The van der Waals surface area contributed by atoms with Gasteiger partial charge in [0, 0.05) is 30.9 Å². The summed E-state index contributed by atoms with van der Waals surface area (Å²) in [5.74, 6) is 0.939. The molecule has 6 nitrogen and oxygen atoms in total. The highest BCUT2D eigenvalue weighted by atomic mass is 32.1. The third-order valence-electron chi connectivity index (χ3n) is 5.36. The molecule has 0 radical (unpaired) electrons. The molecule has 1 N–H and O–H groups in total. The van der Waals surface area contributed by atoms with Crippen molar-refractivity contribution in [1.29, 1.82) is 0 Å². The highest BCUT2D eigenvalue weighted by Crippen LogP contribution is 2.35. The number of aromatic nitrogens is 5. The lowest BCUT2D eigenvalue weighted by molar-refractivity contribution is -0.142. The van der Waals surface area contributed by atoms with Gasteiger partial charge in [-0.3, -0.25) is 4.90 Å². The number of nitrogens with zero attached hydrogens (tertiary/aromatic N) is 5. The van der Waals surface area contributed by atoms with Crippen LogP contribution in [-0.2, 0) is 12.7 Å². The van der Waals surface area contributed by atoms with Crippen LogP contribution in [0, 0.1) is 0 Å². The van der Waals surface area contributed by atoms with Crippen LogP contribution in [0.2, 0.25) is 0 Å². The molecular formula is C20H19F3N6S. The number of nitrogens with one attached hydrogen (secondary N) is 1. The molecule has 0 aliphatic carbocycles. The van der Waals surface area contributed by atoms with Gasteiger partial charge in [-0.25, -0.2) is 14.5 Å². The number of hydrogen-bond acceptors (Lipinski definition) is 5. The molecule has 4 aromatic heterocycles. The number of halogens is 3. The summed E-state index contributed by atoms with van der Waals surface area (Å²) in [7, 11) is 0. The van der Waals surface area contributed by atoms with Crippen molar-refractivity contribution in [2.45, 2.75) is 31.5 Å². The van der Waals surface area contributed by atoms with Crippen molar-refractivity contribution < 1.29 is 13.2 Å². The van der Waals surface area contributed by atoms with Crippen LogP contribution in [-0.4, -0.2) is 42.6 Å². The molecule has 4 aromatic rings. The summed E-state index contributed by atoms with van der Waals surface area (Å²) < 4.78 is 42.2. The highest BCUT2D eigenvalue weighted by molar-refractivity contribution is 7.13. The second-order valence-corrected chi connectivity index (χ2v) is 8.40. The monoisotopic (exact) mass is 432 g/mol. The van der Waals surface area contributed by atoms with E-state index in [0.717, 1.165) is 42.3 Å². The summed E-state index contributed by atoms with van der Waals surface area (Å²) in [5, 5.41) is 6.17. The zero-order chi connectivity index (χ0) is 20.7. The van der Waals surface area contributed by atoms with Crippen molar-refractivity contribution >= 4 is 17.0 Å². The van der Waals surface area contributed by atoms with Gasteiger partial charge in [0.1, 0.15) is 5.82 Å². The van der Waals surface area contributed by atoms with Crippen LogP contribution in [0.15, 0.2) is 42.0 Å². The smallest absolute Gasteiger partial charge is 0.348 e. The number of imidazole rings is 1. The van der Waals surface area contributed by atoms with E-state index >= 15 is 0 Å². The number of hydrogen-bond donors (Lipinski definition) is 1. The van der Waals surface area contributed by atoms with Gasteiger partial charge in [0.25, 0.3) is 0 Å². The topological polar surface area (TPSA) is 62.1 Å². The standard InChI is InChI=1S/C20H19F3N6S/c21-20(22,23)17-9-15(16-4-2-8-30-16)26-19-10-14(27-29(17)19)13-3-1-7-28(11-13)12-18-24-5-6-25-18/h2,4-6,8-10,13H,1,3,7,11-12H2,(H,24,25). The maximum absolute atomic E-state index is 13.8. The number of rotatable bonds is 4. The molecule has 1 aliphatic rings. The third-order valence-corrected chi connectivity index (χ3v) is 6.25. The minimum absolute atomic E-state index is 0.0571. The van der Waals surface area contributed by atoms with E-state index in [1.54, 1.807) is 30.6 Å². The average Bonchev–Trinajstić information content (AvgIpc) is 3.47. The maximum atomic E-state index is 13.8. The van der Waals surface area contributed by atoms with Crippen LogP contribution in [0.1, 0.15) is 36.0 Å². The fraction of sp³-hybridized carbons (Fsp3) is 0.350. The first-order valence-corrected chi connectivity index (χ1v) is 10.6. The molecular weight excluding hydrogens is 413 g/mol. The molecule has 1 aliphatic heterocycles. The molecule has 1 unspecified atom stereocenters. The van der Waals surface area contributed by atoms with Crippen LogP contribution in [0.3, 0.4) is 0 Å². The molecule has 1 atom stereocenters. The van der Waals surface area contributed by atoms with Gasteiger partial charge in [0.15, 0.2) is 11.3 Å². The first kappa shape index (κ1) is 19.3. The van der Waals surface area contributed by atoms with Crippen LogP contribution < -0.4 is 0 Å². The normalized spacial score (nSPS) is 18.3. The molecule has 10 heteroatoms. The molecule has 5 heterocycles. The molecule has 0 saturated carbocycles. The fourth-order valence-corrected chi connectivity index (χ4v) is 4.67. The Morgan fingerprint density at radius 1 is 1.27 bits per heavy atom. The van der Waals surface area contributed by atoms with Crippen LogP contribution >= 0.6 is 11.3 Å². The number of fused-ring (bicyclic) bond motifs is 1. The lowest BCUT2D eigenvalue weighted by Gasteiger charge is -2.31. The maximum Gasteiger partial charge on any atom is 0.433 e. The Kier molecular flexibility index (Phi) is 4.82. The Hall–Kier alpha value is -2.72. The summed E-state index contributed by atoms with van der Waals surface area (Å²) in [5.41, 5.74) is 0.400. The second-order valence-electron chi connectivity index (χ2n) is 7.45. The van der Waals surface area contributed by atoms with E-state index in [0.29, 0.717) is 22.8 Å². The molecule has 1 fully saturated rings. The van der Waals surface area contributed by atoms with Crippen LogP contribution in [0.4, 0.5) is 13.2 Å². The first-order valence-electron chi connectivity index (χ1n) is 9.70. The van der Waals surface area contributed by atoms with Crippen molar-refractivity contribution in [2.24, 2.45) is 0 Å². The second kappa shape index (κ2) is 7.51. The van der Waals surface area contributed by atoms with Crippen molar-refractivity contribution in [3.8, 4) is 10.6 Å². The minimum atomic E-state index is -4.52. The number of H-pyrrole nitrogens is 1. The SMILES string of the molecule is FC(F)(F)c1cc(-c2cccs2)nc2cc(C3CCCN(Cc4ncc[nH]4)C3)nn12. The molecule has 0 spiro atoms. The van der Waals surface area contributed by atoms with Crippen molar-refractivity contribution in [3.05, 3.63) is 59.3 Å². The van der Waals surface area contributed by atoms with Crippen LogP contribution in [0.25, 0.3) is 16.2 Å². The quantitative estimate of drug-likeness (QED) is 0.513. The van der Waals surface area contributed by atoms with Gasteiger partial charge in [-0.05, 0) is 36.9 Å². The van der Waals surface area contributed by atoms with E-state index < -0.39 is 11.9 Å². The van der Waals surface area contributed by atoms with Gasteiger partial charge in [0.2, 0.25) is 0 Å². The first-order chi connectivity index (χ1) is 14.5. The molecule has 0 aromatic carbocycles. The van der Waals surface area contributed by atoms with Gasteiger partial charge < -0.3 is 4.98 Å². The van der Waals surface area contributed by atoms with Gasteiger partial charge in [-0.1, -0.05) is 6.07 Å². The Bertz CT molecular complexity index is 1130. The van der Waals surface area contributed by atoms with Gasteiger partial charge in [0.05, 0.1) is 22.8 Å². The number of alkyl halides is 3. The summed E-state index contributed by atoms with van der Waals surface area (Å²) in [4.78, 5) is 14.8. The number of thiophene rings is 1. The Morgan fingerprint density at radius 2 is 2.17 bits per heavy atom. The van der Waals surface area contributed by atoms with E-state index in [2.05, 4.69) is 25.0 Å². The molecule has 5 rings (SSSR count). The predicted molar refractivity (Wildman–Crippen MR) is 107 cm³/mol. The largest absolute Gasteiger partial charge is 0.433 e. The summed E-state index contributed by atoms with van der Waals surface area (Å²) >= 11 is 1.37. The Balaban J connectivity index is 1.49. The Morgan fingerprint density at radius 3 is 2.90 bits per heavy atom. The van der Waals surface area contributed by atoms with Gasteiger partial charge in [-0.2, -0.15) is 18.3 Å². The summed E-state index contributed by atoms with van der Waals surface area (Å²) in [6.07, 6.45) is 0.827. The predicted octanol–water partition coefficient (Wildman–Crippen LogP) is 4.58. The number of piperidine rings is 1. The van der Waals surface area contributed by atoms with E-state index in [9.17, 15) is 13.2 Å². The lowest BCUT2D eigenvalue weighted by Crippen LogP contribution is -2.34. The van der Waals surface area contributed by atoms with Gasteiger partial charge in [-0.15, -0.1) is 11.3 Å². The van der Waals surface area contributed by atoms with E-state index in [1.165, 1.54) is 11.3 Å². The lowest BCUT2D eigenvalue weighted by atomic mass is 9.95. The zero-order valence-electron chi connectivity index (χ0n) is 15.9. The minimum Gasteiger partial charge on any atom is -0.348 e. The summed E-state index contributed by atoms with van der Waals surface area (Å²) in [6.45, 7) is 2.34. The highest BCUT2D eigenvalue weighted by Gasteiger charge is 2.36. The van der Waals surface area contributed by atoms with E-state index in [4.69, 9.17) is 0 Å². The molecule has 30 heavy (non-hydrogen) atoms. The number of likely N-dealkylation sites (tertiary alicyclic amines) is 1. The van der Waals surface area contributed by atoms with E-state index in [-0.39, 0.29) is 11.6 Å².